The van der Waals surface area contributed by atoms with Crippen LogP contribution in [0.2, 0.25) is 0 Å². The predicted molar refractivity (Wildman–Crippen MR) is 116 cm³/mol. The molecule has 0 spiro atoms. The van der Waals surface area contributed by atoms with E-state index in [0.29, 0.717) is 10.8 Å². The fraction of sp³-hybridized carbons (Fsp3) is 0.304. The number of imide groups is 1. The van der Waals surface area contributed by atoms with Gasteiger partial charge in [0.25, 0.3) is 11.1 Å². The Labute approximate surface area is 175 Å². The molecule has 2 amide bonds. The number of nitrogens with zero attached hydrogens (tertiary/aromatic N) is 1. The molecular weight excluding hydrogens is 386 g/mol. The summed E-state index contributed by atoms with van der Waals surface area (Å²) in [6, 6.07) is 13.4. The lowest BCUT2D eigenvalue weighted by molar-refractivity contribution is -0.123. The Morgan fingerprint density at radius 1 is 1.10 bits per heavy atom. The van der Waals surface area contributed by atoms with Crippen molar-refractivity contribution >= 4 is 29.0 Å². The molecule has 6 heteroatoms. The fourth-order valence-corrected chi connectivity index (χ4v) is 3.90. The van der Waals surface area contributed by atoms with E-state index < -0.39 is 0 Å². The number of hydrogen-bond acceptors (Lipinski definition) is 5. The van der Waals surface area contributed by atoms with Crippen LogP contribution >= 0.6 is 11.8 Å². The summed E-state index contributed by atoms with van der Waals surface area (Å²) >= 11 is 0.955. The third-order valence-electron chi connectivity index (χ3n) is 4.65. The van der Waals surface area contributed by atoms with E-state index in [1.807, 2.05) is 37.3 Å². The van der Waals surface area contributed by atoms with Gasteiger partial charge in [-0.3, -0.25) is 14.5 Å². The molecule has 0 aliphatic carbocycles. The third kappa shape index (κ3) is 5.01. The standard InChI is InChI=1S/C23H25NO4S/c1-15(2)19-10-5-16(3)13-20(19)28-12-11-24-22(25)21(29-23(24)26)14-17-6-8-18(27-4)9-7-17/h5-10,13-15H,11-12H2,1-4H3/b21-14-. The first-order valence-corrected chi connectivity index (χ1v) is 10.3. The fourth-order valence-electron chi connectivity index (χ4n) is 3.03. The summed E-state index contributed by atoms with van der Waals surface area (Å²) in [5, 5.41) is -0.272. The van der Waals surface area contributed by atoms with E-state index in [2.05, 4.69) is 26.0 Å². The molecule has 2 aromatic rings. The zero-order valence-corrected chi connectivity index (χ0v) is 17.9. The average molecular weight is 412 g/mol. The van der Waals surface area contributed by atoms with E-state index in [1.165, 1.54) is 4.90 Å². The number of methoxy groups -OCH3 is 1. The van der Waals surface area contributed by atoms with E-state index in [-0.39, 0.29) is 24.3 Å². The number of aryl methyl sites for hydroxylation is 1. The molecule has 1 heterocycles. The number of thioether (sulfide) groups is 1. The van der Waals surface area contributed by atoms with Gasteiger partial charge in [-0.15, -0.1) is 0 Å². The van der Waals surface area contributed by atoms with Gasteiger partial charge in [-0.2, -0.15) is 0 Å². The Morgan fingerprint density at radius 3 is 2.48 bits per heavy atom. The van der Waals surface area contributed by atoms with Gasteiger partial charge < -0.3 is 9.47 Å². The maximum Gasteiger partial charge on any atom is 0.293 e. The highest BCUT2D eigenvalue weighted by atomic mass is 32.2. The molecule has 0 radical (unpaired) electrons. The molecule has 1 fully saturated rings. The third-order valence-corrected chi connectivity index (χ3v) is 5.56. The number of hydrogen-bond donors (Lipinski definition) is 0. The molecule has 0 atom stereocenters. The number of benzene rings is 2. The van der Waals surface area contributed by atoms with Gasteiger partial charge in [-0.05, 0) is 65.6 Å². The van der Waals surface area contributed by atoms with Crippen LogP contribution in [0.3, 0.4) is 0 Å². The smallest absolute Gasteiger partial charge is 0.293 e. The maximum absolute atomic E-state index is 12.7. The second-order valence-corrected chi connectivity index (χ2v) is 8.14. The highest BCUT2D eigenvalue weighted by molar-refractivity contribution is 8.18. The molecule has 2 aromatic carbocycles. The minimum absolute atomic E-state index is 0.218. The van der Waals surface area contributed by atoms with Crippen molar-refractivity contribution in [1.82, 2.24) is 4.90 Å². The van der Waals surface area contributed by atoms with Crippen molar-refractivity contribution in [3.63, 3.8) is 0 Å². The minimum atomic E-state index is -0.284. The average Bonchev–Trinajstić information content (AvgIpc) is 2.95. The molecule has 0 aromatic heterocycles. The largest absolute Gasteiger partial charge is 0.497 e. The van der Waals surface area contributed by atoms with Gasteiger partial charge in [0, 0.05) is 0 Å². The first-order chi connectivity index (χ1) is 13.9. The second kappa shape index (κ2) is 9.18. The van der Waals surface area contributed by atoms with Crippen molar-refractivity contribution in [3.05, 3.63) is 64.1 Å². The van der Waals surface area contributed by atoms with Gasteiger partial charge in [0.15, 0.2) is 0 Å². The summed E-state index contributed by atoms with van der Waals surface area (Å²) in [4.78, 5) is 26.6. The summed E-state index contributed by atoms with van der Waals surface area (Å²) in [5.74, 6) is 1.59. The van der Waals surface area contributed by atoms with E-state index in [1.54, 1.807) is 13.2 Å². The van der Waals surface area contributed by atoms with Crippen molar-refractivity contribution in [2.75, 3.05) is 20.3 Å². The molecule has 1 aliphatic rings. The van der Waals surface area contributed by atoms with Crippen LogP contribution in [-0.4, -0.2) is 36.3 Å². The molecule has 0 unspecified atom stereocenters. The van der Waals surface area contributed by atoms with Crippen LogP contribution in [0.25, 0.3) is 6.08 Å². The molecule has 1 saturated heterocycles. The van der Waals surface area contributed by atoms with Crippen molar-refractivity contribution in [3.8, 4) is 11.5 Å². The number of amides is 2. The Hall–Kier alpha value is -2.73. The molecule has 152 valence electrons. The number of rotatable bonds is 7. The molecule has 3 rings (SSSR count). The summed E-state index contributed by atoms with van der Waals surface area (Å²) in [7, 11) is 1.60. The minimum Gasteiger partial charge on any atom is -0.497 e. The van der Waals surface area contributed by atoms with Crippen LogP contribution < -0.4 is 9.47 Å². The van der Waals surface area contributed by atoms with Crippen molar-refractivity contribution in [2.45, 2.75) is 26.7 Å². The summed E-state index contributed by atoms with van der Waals surface area (Å²) in [6.07, 6.45) is 1.72. The maximum atomic E-state index is 12.7. The van der Waals surface area contributed by atoms with Gasteiger partial charge >= 0.3 is 0 Å². The topological polar surface area (TPSA) is 55.8 Å². The molecule has 0 bridgehead atoms. The lowest BCUT2D eigenvalue weighted by atomic mass is 10.0. The van der Waals surface area contributed by atoms with Crippen LogP contribution in [0.15, 0.2) is 47.4 Å². The van der Waals surface area contributed by atoms with E-state index >= 15 is 0 Å². The Kier molecular flexibility index (Phi) is 6.64. The van der Waals surface area contributed by atoms with Crippen LogP contribution in [-0.2, 0) is 4.79 Å². The normalized spacial score (nSPS) is 15.5. The SMILES string of the molecule is COc1ccc(/C=C2\SC(=O)N(CCOc3cc(C)ccc3C(C)C)C2=O)cc1. The molecule has 5 nitrogen and oxygen atoms in total. The molecule has 1 aliphatic heterocycles. The van der Waals surface area contributed by atoms with E-state index in [9.17, 15) is 9.59 Å². The van der Waals surface area contributed by atoms with Gasteiger partial charge in [-0.1, -0.05) is 38.1 Å². The van der Waals surface area contributed by atoms with Crippen LogP contribution in [0.4, 0.5) is 4.79 Å². The number of carbonyl (C=O) groups excluding carboxylic acids is 2. The van der Waals surface area contributed by atoms with Crippen molar-refractivity contribution < 1.29 is 19.1 Å². The van der Waals surface area contributed by atoms with Gasteiger partial charge in [0.2, 0.25) is 0 Å². The number of carbonyl (C=O) groups is 2. The quantitative estimate of drug-likeness (QED) is 0.583. The second-order valence-electron chi connectivity index (χ2n) is 7.15. The van der Waals surface area contributed by atoms with Crippen LogP contribution in [0.1, 0.15) is 36.5 Å². The zero-order chi connectivity index (χ0) is 21.0. The summed E-state index contributed by atoms with van der Waals surface area (Å²) < 4.78 is 11.1. The van der Waals surface area contributed by atoms with Gasteiger partial charge in [-0.25, -0.2) is 0 Å². The predicted octanol–water partition coefficient (Wildman–Crippen LogP) is 5.24. The Balaban J connectivity index is 1.65. The van der Waals surface area contributed by atoms with Crippen LogP contribution in [0.5, 0.6) is 11.5 Å². The summed E-state index contributed by atoms with van der Waals surface area (Å²) in [5.41, 5.74) is 3.07. The highest BCUT2D eigenvalue weighted by Crippen LogP contribution is 2.33. The molecule has 29 heavy (non-hydrogen) atoms. The monoisotopic (exact) mass is 411 g/mol. The molecule has 0 saturated carbocycles. The highest BCUT2D eigenvalue weighted by Gasteiger charge is 2.34. The molecule has 0 N–H and O–H groups in total. The van der Waals surface area contributed by atoms with Gasteiger partial charge in [0.05, 0.1) is 18.6 Å². The van der Waals surface area contributed by atoms with Crippen LogP contribution in [0, 0.1) is 6.92 Å². The first kappa shape index (κ1) is 21.0. The molecular formula is C23H25NO4S. The lowest BCUT2D eigenvalue weighted by Crippen LogP contribution is -2.32. The van der Waals surface area contributed by atoms with E-state index in [4.69, 9.17) is 9.47 Å². The zero-order valence-electron chi connectivity index (χ0n) is 17.1. The Morgan fingerprint density at radius 2 is 1.83 bits per heavy atom. The Bertz CT molecular complexity index is 934. The van der Waals surface area contributed by atoms with Crippen molar-refractivity contribution in [2.24, 2.45) is 0 Å². The van der Waals surface area contributed by atoms with E-state index in [0.717, 1.165) is 40.0 Å². The van der Waals surface area contributed by atoms with Crippen molar-refractivity contribution in [1.29, 1.82) is 0 Å². The lowest BCUT2D eigenvalue weighted by Gasteiger charge is -2.17. The van der Waals surface area contributed by atoms with Gasteiger partial charge in [0.1, 0.15) is 18.1 Å². The number of ether oxygens (including phenoxy) is 2. The summed E-state index contributed by atoms with van der Waals surface area (Å²) in [6.45, 7) is 6.71. The first-order valence-electron chi connectivity index (χ1n) is 9.52.